The second-order valence-electron chi connectivity index (χ2n) is 6.18. The Balaban J connectivity index is 0.00000210. The molecule has 2 aromatic rings. The van der Waals surface area contributed by atoms with Crippen molar-refractivity contribution in [2.75, 3.05) is 20.2 Å². The molecule has 0 aliphatic carbocycles. The minimum Gasteiger partial charge on any atom is -0.493 e. The van der Waals surface area contributed by atoms with Crippen LogP contribution < -0.4 is 15.2 Å². The summed E-state index contributed by atoms with van der Waals surface area (Å²) in [6.07, 6.45) is 1.34. The van der Waals surface area contributed by atoms with Gasteiger partial charge in [0.05, 0.1) is 29.3 Å². The van der Waals surface area contributed by atoms with E-state index in [0.29, 0.717) is 31.6 Å². The lowest BCUT2D eigenvalue weighted by Crippen LogP contribution is -2.43. The Morgan fingerprint density at radius 3 is 2.59 bits per heavy atom. The number of ether oxygens (including phenoxy) is 2. The number of nitrogens with zero attached hydrogens (tertiary/aromatic N) is 3. The zero-order valence-corrected chi connectivity index (χ0v) is 18.1. The van der Waals surface area contributed by atoms with Crippen molar-refractivity contribution < 1.29 is 19.2 Å². The van der Waals surface area contributed by atoms with Gasteiger partial charge in [-0.05, 0) is 12.8 Å². The Labute approximate surface area is 184 Å². The summed E-state index contributed by atoms with van der Waals surface area (Å²) in [6.45, 7) is 1.09. The van der Waals surface area contributed by atoms with E-state index in [0.717, 1.165) is 0 Å². The van der Waals surface area contributed by atoms with Gasteiger partial charge in [0.1, 0.15) is 12.2 Å². The monoisotopic (exact) mass is 464 g/mol. The minimum absolute atomic E-state index is 0. The van der Waals surface area contributed by atoms with Crippen LogP contribution in [0.4, 0.5) is 5.69 Å². The van der Waals surface area contributed by atoms with E-state index in [9.17, 15) is 14.9 Å². The number of nitro benzene ring substituents is 1. The van der Waals surface area contributed by atoms with Crippen molar-refractivity contribution in [3.8, 4) is 11.5 Å². The molecule has 9 nitrogen and oxygen atoms in total. The summed E-state index contributed by atoms with van der Waals surface area (Å²) in [5.74, 6) is 0.0419. The van der Waals surface area contributed by atoms with Crippen molar-refractivity contribution in [2.45, 2.75) is 25.5 Å². The summed E-state index contributed by atoms with van der Waals surface area (Å²) in [7, 11) is 1.42. The zero-order chi connectivity index (χ0) is 19.4. The number of hydrogen-bond acceptors (Lipinski definition) is 8. The maximum Gasteiger partial charge on any atom is 0.286 e. The Hall–Kier alpha value is -2.14. The third-order valence-electron chi connectivity index (χ3n) is 4.39. The van der Waals surface area contributed by atoms with Crippen LogP contribution in [0.3, 0.4) is 0 Å². The molecule has 0 saturated carbocycles. The van der Waals surface area contributed by atoms with Gasteiger partial charge in [0.25, 0.3) is 11.6 Å². The number of hydrogen-bond donors (Lipinski definition) is 1. The molecule has 1 saturated heterocycles. The van der Waals surface area contributed by atoms with E-state index in [-0.39, 0.29) is 60.2 Å². The number of piperidine rings is 1. The molecule has 2 heterocycles. The molecule has 12 heteroatoms. The molecule has 160 valence electrons. The molecule has 0 atom stereocenters. The number of likely N-dealkylation sites (tertiary alicyclic amines) is 1. The minimum atomic E-state index is -0.585. The van der Waals surface area contributed by atoms with Gasteiger partial charge in [-0.1, -0.05) is 0 Å². The van der Waals surface area contributed by atoms with Crippen LogP contribution in [0.1, 0.15) is 28.9 Å². The highest BCUT2D eigenvalue weighted by Crippen LogP contribution is 2.36. The molecule has 2 N–H and O–H groups in total. The predicted molar refractivity (Wildman–Crippen MR) is 114 cm³/mol. The molecule has 1 aromatic carbocycles. The second kappa shape index (κ2) is 11.1. The van der Waals surface area contributed by atoms with Crippen molar-refractivity contribution in [3.05, 3.63) is 44.4 Å². The summed E-state index contributed by atoms with van der Waals surface area (Å²) >= 11 is 1.43. The van der Waals surface area contributed by atoms with Crippen molar-refractivity contribution in [1.29, 1.82) is 0 Å². The fraction of sp³-hybridized carbons (Fsp3) is 0.412. The molecule has 29 heavy (non-hydrogen) atoms. The third kappa shape index (κ3) is 5.92. The van der Waals surface area contributed by atoms with Gasteiger partial charge in [0.2, 0.25) is 0 Å². The number of nitrogens with two attached hydrogens (primary N) is 1. The lowest BCUT2D eigenvalue weighted by Gasteiger charge is -2.30. The van der Waals surface area contributed by atoms with Crippen LogP contribution in [-0.2, 0) is 6.61 Å². The molecule has 1 fully saturated rings. The largest absolute Gasteiger partial charge is 0.493 e. The number of halogens is 2. The van der Waals surface area contributed by atoms with Crippen molar-refractivity contribution >= 4 is 47.7 Å². The molecular formula is C17H22Cl2N4O5S. The molecule has 1 amide bonds. The summed E-state index contributed by atoms with van der Waals surface area (Å²) in [6, 6.07) is 2.65. The number of rotatable bonds is 6. The average molecular weight is 465 g/mol. The predicted octanol–water partition coefficient (Wildman–Crippen LogP) is 3.05. The molecule has 3 rings (SSSR count). The number of nitro groups is 1. The maximum absolute atomic E-state index is 12.8. The maximum atomic E-state index is 12.8. The van der Waals surface area contributed by atoms with Crippen LogP contribution >= 0.6 is 36.2 Å². The van der Waals surface area contributed by atoms with Crippen LogP contribution in [0.5, 0.6) is 11.5 Å². The zero-order valence-electron chi connectivity index (χ0n) is 15.6. The Morgan fingerprint density at radius 2 is 2.03 bits per heavy atom. The molecule has 0 radical (unpaired) electrons. The molecule has 1 aliphatic rings. The van der Waals surface area contributed by atoms with Crippen LogP contribution in [-0.4, -0.2) is 47.0 Å². The Bertz CT molecular complexity index is 829. The molecule has 0 spiro atoms. The van der Waals surface area contributed by atoms with Crippen LogP contribution in [0.15, 0.2) is 23.0 Å². The lowest BCUT2D eigenvalue weighted by molar-refractivity contribution is -0.385. The first-order valence-electron chi connectivity index (χ1n) is 8.40. The number of carbonyl (C=O) groups is 1. The summed E-state index contributed by atoms with van der Waals surface area (Å²) in [5.41, 5.74) is 7.90. The number of carbonyl (C=O) groups excluding carboxylic acids is 1. The number of thiazole rings is 1. The highest BCUT2D eigenvalue weighted by Gasteiger charge is 2.29. The molecule has 1 aromatic heterocycles. The molecular weight excluding hydrogens is 443 g/mol. The van der Waals surface area contributed by atoms with Crippen molar-refractivity contribution in [2.24, 2.45) is 5.73 Å². The third-order valence-corrected chi connectivity index (χ3v) is 5.03. The first-order chi connectivity index (χ1) is 13.0. The van der Waals surface area contributed by atoms with Gasteiger partial charge in [0, 0.05) is 30.6 Å². The average Bonchev–Trinajstić information content (AvgIpc) is 3.19. The molecule has 0 unspecified atom stereocenters. The molecule has 1 aliphatic heterocycles. The van der Waals surface area contributed by atoms with Crippen LogP contribution in [0, 0.1) is 10.1 Å². The Morgan fingerprint density at radius 1 is 1.34 bits per heavy atom. The highest BCUT2D eigenvalue weighted by molar-refractivity contribution is 7.07. The van der Waals surface area contributed by atoms with Crippen LogP contribution in [0.2, 0.25) is 0 Å². The van der Waals surface area contributed by atoms with E-state index in [1.807, 2.05) is 5.38 Å². The van der Waals surface area contributed by atoms with Gasteiger partial charge in [-0.25, -0.2) is 4.98 Å². The highest BCUT2D eigenvalue weighted by atomic mass is 35.5. The number of aromatic nitrogens is 1. The van der Waals surface area contributed by atoms with E-state index in [2.05, 4.69) is 4.98 Å². The fourth-order valence-corrected chi connectivity index (χ4v) is 3.42. The van der Waals surface area contributed by atoms with E-state index in [4.69, 9.17) is 15.2 Å². The van der Waals surface area contributed by atoms with E-state index < -0.39 is 10.8 Å². The smallest absolute Gasteiger partial charge is 0.286 e. The molecule has 0 bridgehead atoms. The summed E-state index contributed by atoms with van der Waals surface area (Å²) in [5, 5.41) is 13.4. The number of benzene rings is 1. The fourth-order valence-electron chi connectivity index (χ4n) is 2.88. The first kappa shape index (κ1) is 24.9. The topological polar surface area (TPSA) is 121 Å². The second-order valence-corrected chi connectivity index (χ2v) is 6.89. The van der Waals surface area contributed by atoms with Gasteiger partial charge in [0.15, 0.2) is 11.5 Å². The lowest BCUT2D eigenvalue weighted by atomic mass is 10.0. The summed E-state index contributed by atoms with van der Waals surface area (Å²) in [4.78, 5) is 29.5. The van der Waals surface area contributed by atoms with E-state index in [1.54, 1.807) is 10.4 Å². The van der Waals surface area contributed by atoms with Gasteiger partial charge in [-0.2, -0.15) is 0 Å². The number of methoxy groups -OCH3 is 1. The Kier molecular flexibility index (Phi) is 9.57. The van der Waals surface area contributed by atoms with E-state index in [1.165, 1.54) is 30.6 Å². The normalized spacial score (nSPS) is 13.8. The summed E-state index contributed by atoms with van der Waals surface area (Å²) < 4.78 is 10.9. The quantitative estimate of drug-likeness (QED) is 0.514. The van der Waals surface area contributed by atoms with Crippen molar-refractivity contribution in [3.63, 3.8) is 0 Å². The van der Waals surface area contributed by atoms with Gasteiger partial charge in [-0.3, -0.25) is 14.9 Å². The van der Waals surface area contributed by atoms with Crippen molar-refractivity contribution in [1.82, 2.24) is 9.88 Å². The van der Waals surface area contributed by atoms with Crippen LogP contribution in [0.25, 0.3) is 0 Å². The standard InChI is InChI=1S/C17H20N4O5S.2ClH/c1-25-15-6-13(17(22)20-4-2-11(18)3-5-20)14(21(23)24)7-16(15)26-8-12-9-27-10-19-12;;/h6-7,9-11H,2-5,8,18H2,1H3;2*1H. The number of amides is 1. The first-order valence-corrected chi connectivity index (χ1v) is 9.35. The van der Waals surface area contributed by atoms with Gasteiger partial charge >= 0.3 is 0 Å². The SMILES string of the molecule is COc1cc(C(=O)N2CCC(N)CC2)c([N+](=O)[O-])cc1OCc1cscn1.Cl.Cl. The van der Waals surface area contributed by atoms with Gasteiger partial charge < -0.3 is 20.1 Å². The van der Waals surface area contributed by atoms with E-state index >= 15 is 0 Å². The van der Waals surface area contributed by atoms with Gasteiger partial charge in [-0.15, -0.1) is 36.2 Å².